The Bertz CT molecular complexity index is 717. The van der Waals surface area contributed by atoms with E-state index in [1.165, 1.54) is 19.3 Å². The minimum atomic E-state index is 0.578. The van der Waals surface area contributed by atoms with Crippen LogP contribution in [0.5, 0.6) is 0 Å². The Labute approximate surface area is 149 Å². The third-order valence-electron chi connectivity index (χ3n) is 4.75. The molecule has 1 aliphatic heterocycles. The van der Waals surface area contributed by atoms with E-state index in [2.05, 4.69) is 28.2 Å². The summed E-state index contributed by atoms with van der Waals surface area (Å²) in [5.74, 6) is 1.66. The zero-order chi connectivity index (χ0) is 17.1. The van der Waals surface area contributed by atoms with Crippen molar-refractivity contribution in [3.63, 3.8) is 0 Å². The molecule has 1 aromatic carbocycles. The summed E-state index contributed by atoms with van der Waals surface area (Å²) < 4.78 is 0. The van der Waals surface area contributed by atoms with Crippen LogP contribution in [-0.4, -0.2) is 22.6 Å². The maximum Gasteiger partial charge on any atom is 0.229 e. The van der Waals surface area contributed by atoms with Crippen LogP contribution in [0.4, 0.5) is 17.5 Å². The molecule has 24 heavy (non-hydrogen) atoms. The van der Waals surface area contributed by atoms with Crippen LogP contribution >= 0.6 is 11.6 Å². The molecule has 4 nitrogen and oxygen atoms in total. The van der Waals surface area contributed by atoms with Crippen molar-refractivity contribution in [2.75, 3.05) is 16.8 Å². The molecule has 1 saturated heterocycles. The van der Waals surface area contributed by atoms with Gasteiger partial charge in [-0.25, -0.2) is 4.98 Å². The Kier molecular flexibility index (Phi) is 5.24. The Balaban J connectivity index is 1.90. The molecule has 1 aromatic heterocycles. The average Bonchev–Trinajstić information content (AvgIpc) is 2.58. The molecule has 2 heterocycles. The smallest absolute Gasteiger partial charge is 0.229 e. The van der Waals surface area contributed by atoms with Crippen LogP contribution in [0.3, 0.4) is 0 Å². The zero-order valence-corrected chi connectivity index (χ0v) is 15.4. The molecular formula is C19H25ClN4. The van der Waals surface area contributed by atoms with Crippen molar-refractivity contribution >= 4 is 29.1 Å². The Hall–Kier alpha value is -1.81. The number of aryl methyl sites for hydroxylation is 1. The van der Waals surface area contributed by atoms with Crippen LogP contribution in [0.2, 0.25) is 5.02 Å². The lowest BCUT2D eigenvalue weighted by atomic mass is 10.00. The average molecular weight is 345 g/mol. The van der Waals surface area contributed by atoms with Crippen molar-refractivity contribution in [3.05, 3.63) is 40.5 Å². The van der Waals surface area contributed by atoms with Crippen LogP contribution in [-0.2, 0) is 0 Å². The van der Waals surface area contributed by atoms with Gasteiger partial charge in [0.05, 0.1) is 0 Å². The highest BCUT2D eigenvalue weighted by Crippen LogP contribution is 2.28. The molecule has 1 atom stereocenters. The van der Waals surface area contributed by atoms with Gasteiger partial charge in [0.1, 0.15) is 5.82 Å². The summed E-state index contributed by atoms with van der Waals surface area (Å²) in [4.78, 5) is 11.8. The second-order valence-corrected chi connectivity index (χ2v) is 6.89. The lowest BCUT2D eigenvalue weighted by Gasteiger charge is -2.36. The fourth-order valence-electron chi connectivity index (χ4n) is 3.34. The molecule has 0 aliphatic carbocycles. The summed E-state index contributed by atoms with van der Waals surface area (Å²) >= 11 is 6.21. The standard InChI is InChI=1S/C19H25ClN4/c1-4-15-8-5-6-11-24(15)18-12-13(2)21-19(23-18)22-17-10-7-9-16(20)14(17)3/h7,9-10,12,15H,4-6,8,11H2,1-3H3,(H,21,22,23). The lowest BCUT2D eigenvalue weighted by Crippen LogP contribution is -2.39. The van der Waals surface area contributed by atoms with E-state index in [1.54, 1.807) is 0 Å². The van der Waals surface area contributed by atoms with Crippen molar-refractivity contribution in [1.29, 1.82) is 0 Å². The second kappa shape index (κ2) is 7.39. The van der Waals surface area contributed by atoms with Crippen molar-refractivity contribution in [1.82, 2.24) is 9.97 Å². The molecule has 0 saturated carbocycles. The first kappa shape index (κ1) is 17.0. The number of nitrogens with one attached hydrogen (secondary N) is 1. The van der Waals surface area contributed by atoms with Gasteiger partial charge < -0.3 is 10.2 Å². The molecule has 0 radical (unpaired) electrons. The normalized spacial score (nSPS) is 17.8. The van der Waals surface area contributed by atoms with Gasteiger partial charge in [0.25, 0.3) is 0 Å². The predicted molar refractivity (Wildman–Crippen MR) is 102 cm³/mol. The van der Waals surface area contributed by atoms with Crippen LogP contribution in [0.25, 0.3) is 0 Å². The number of nitrogens with zero attached hydrogens (tertiary/aromatic N) is 3. The van der Waals surface area contributed by atoms with Gasteiger partial charge in [-0.3, -0.25) is 0 Å². The summed E-state index contributed by atoms with van der Waals surface area (Å²) in [7, 11) is 0. The molecule has 2 aromatic rings. The maximum absolute atomic E-state index is 6.21. The topological polar surface area (TPSA) is 41.1 Å². The van der Waals surface area contributed by atoms with E-state index in [1.807, 2.05) is 32.0 Å². The quantitative estimate of drug-likeness (QED) is 0.821. The van der Waals surface area contributed by atoms with Crippen LogP contribution in [0.1, 0.15) is 43.9 Å². The largest absolute Gasteiger partial charge is 0.353 e. The molecule has 1 unspecified atom stereocenters. The molecule has 5 heteroatoms. The van der Waals surface area contributed by atoms with E-state index in [-0.39, 0.29) is 0 Å². The van der Waals surface area contributed by atoms with E-state index in [4.69, 9.17) is 16.6 Å². The van der Waals surface area contributed by atoms with Gasteiger partial charge in [-0.05, 0) is 57.2 Å². The third-order valence-corrected chi connectivity index (χ3v) is 5.16. The second-order valence-electron chi connectivity index (χ2n) is 6.48. The zero-order valence-electron chi connectivity index (χ0n) is 14.6. The van der Waals surface area contributed by atoms with E-state index < -0.39 is 0 Å². The molecule has 1 aliphatic rings. The van der Waals surface area contributed by atoms with E-state index in [9.17, 15) is 0 Å². The molecule has 1 fully saturated rings. The van der Waals surface area contributed by atoms with Gasteiger partial charge in [0.15, 0.2) is 0 Å². The number of hydrogen-bond acceptors (Lipinski definition) is 4. The van der Waals surface area contributed by atoms with Crippen molar-refractivity contribution in [2.24, 2.45) is 0 Å². The van der Waals surface area contributed by atoms with Crippen molar-refractivity contribution in [2.45, 2.75) is 52.5 Å². The van der Waals surface area contributed by atoms with Gasteiger partial charge >= 0.3 is 0 Å². The number of halogens is 1. The summed E-state index contributed by atoms with van der Waals surface area (Å²) in [6.07, 6.45) is 4.94. The molecule has 3 rings (SSSR count). The Morgan fingerprint density at radius 2 is 2.08 bits per heavy atom. The Morgan fingerprint density at radius 1 is 1.25 bits per heavy atom. The minimum absolute atomic E-state index is 0.578. The third kappa shape index (κ3) is 3.64. The van der Waals surface area contributed by atoms with Gasteiger partial charge in [0.2, 0.25) is 5.95 Å². The first-order chi connectivity index (χ1) is 11.6. The number of anilines is 3. The highest BCUT2D eigenvalue weighted by Gasteiger charge is 2.22. The number of aromatic nitrogens is 2. The van der Waals surface area contributed by atoms with Crippen molar-refractivity contribution in [3.8, 4) is 0 Å². The van der Waals surface area contributed by atoms with Crippen molar-refractivity contribution < 1.29 is 0 Å². The molecule has 128 valence electrons. The molecular weight excluding hydrogens is 320 g/mol. The van der Waals surface area contributed by atoms with Gasteiger partial charge in [-0.15, -0.1) is 0 Å². The summed E-state index contributed by atoms with van der Waals surface area (Å²) in [5.41, 5.74) is 2.93. The van der Waals surface area contributed by atoms with E-state index in [0.717, 1.165) is 40.8 Å². The van der Waals surface area contributed by atoms with E-state index in [0.29, 0.717) is 12.0 Å². The highest BCUT2D eigenvalue weighted by atomic mass is 35.5. The van der Waals surface area contributed by atoms with E-state index >= 15 is 0 Å². The number of benzene rings is 1. The van der Waals surface area contributed by atoms with Gasteiger partial charge in [-0.1, -0.05) is 24.6 Å². The first-order valence-corrected chi connectivity index (χ1v) is 9.10. The monoisotopic (exact) mass is 344 g/mol. The highest BCUT2D eigenvalue weighted by molar-refractivity contribution is 6.31. The molecule has 0 spiro atoms. The summed E-state index contributed by atoms with van der Waals surface area (Å²) in [6.45, 7) is 7.35. The lowest BCUT2D eigenvalue weighted by molar-refractivity contribution is 0.446. The molecule has 0 amide bonds. The number of rotatable bonds is 4. The SMILES string of the molecule is CCC1CCCCN1c1cc(C)nc(Nc2cccc(Cl)c2C)n1. The number of piperidine rings is 1. The van der Waals surface area contributed by atoms with Crippen LogP contribution in [0.15, 0.2) is 24.3 Å². The maximum atomic E-state index is 6.21. The summed E-state index contributed by atoms with van der Waals surface area (Å²) in [5, 5.41) is 4.08. The number of hydrogen-bond donors (Lipinski definition) is 1. The molecule has 0 bridgehead atoms. The van der Waals surface area contributed by atoms with Gasteiger partial charge in [0, 0.05) is 35.1 Å². The first-order valence-electron chi connectivity index (χ1n) is 8.73. The van der Waals surface area contributed by atoms with Crippen LogP contribution in [0, 0.1) is 13.8 Å². The fraction of sp³-hybridized carbons (Fsp3) is 0.474. The van der Waals surface area contributed by atoms with Gasteiger partial charge in [-0.2, -0.15) is 4.98 Å². The summed E-state index contributed by atoms with van der Waals surface area (Å²) in [6, 6.07) is 8.50. The fourth-order valence-corrected chi connectivity index (χ4v) is 3.52. The predicted octanol–water partition coefficient (Wildman–Crippen LogP) is 5.26. The van der Waals surface area contributed by atoms with Crippen LogP contribution < -0.4 is 10.2 Å². The minimum Gasteiger partial charge on any atom is -0.353 e. The Morgan fingerprint density at radius 3 is 2.88 bits per heavy atom. The molecule has 1 N–H and O–H groups in total.